The van der Waals surface area contributed by atoms with Gasteiger partial charge in [-0.25, -0.2) is 8.78 Å². The molecule has 0 spiro atoms. The van der Waals surface area contributed by atoms with Crippen LogP contribution in [0.4, 0.5) is 8.78 Å². The quantitative estimate of drug-likeness (QED) is 0.615. The Balaban J connectivity index is 1.96. The summed E-state index contributed by atoms with van der Waals surface area (Å²) >= 11 is 0. The van der Waals surface area contributed by atoms with E-state index in [-0.39, 0.29) is 18.2 Å². The lowest BCUT2D eigenvalue weighted by Crippen LogP contribution is -2.41. The number of halogens is 2. The maximum absolute atomic E-state index is 13.7. The third-order valence-electron chi connectivity index (χ3n) is 3.87. The molecule has 0 aliphatic heterocycles. The molecule has 0 saturated heterocycles. The first kappa shape index (κ1) is 18.9. The van der Waals surface area contributed by atoms with Gasteiger partial charge < -0.3 is 15.5 Å². The molecule has 0 amide bonds. The first-order valence-corrected chi connectivity index (χ1v) is 7.94. The average molecular weight is 350 g/mol. The highest BCUT2D eigenvalue weighted by atomic mass is 19.1. The summed E-state index contributed by atoms with van der Waals surface area (Å²) in [7, 11) is 7.47. The van der Waals surface area contributed by atoms with Gasteiger partial charge in [-0.15, -0.1) is 0 Å². The Morgan fingerprint density at radius 1 is 1.32 bits per heavy atom. The van der Waals surface area contributed by atoms with E-state index in [1.54, 1.807) is 11.7 Å². The molecule has 2 rings (SSSR count). The highest BCUT2D eigenvalue weighted by molar-refractivity contribution is 5.79. The van der Waals surface area contributed by atoms with Crippen molar-refractivity contribution >= 4 is 5.96 Å². The van der Waals surface area contributed by atoms with Gasteiger partial charge in [0.05, 0.1) is 12.2 Å². The molecule has 2 N–H and O–H groups in total. The minimum Gasteiger partial charge on any atom is -0.354 e. The highest BCUT2D eigenvalue weighted by Gasteiger charge is 2.16. The number of aromatic nitrogens is 2. The SMILES string of the molecule is CN=C(NCc1cc(F)ccc1F)NCC(c1cnn(C)c1)N(C)C. The Hall–Kier alpha value is -2.48. The third-order valence-corrected chi connectivity index (χ3v) is 3.87. The lowest BCUT2D eigenvalue weighted by atomic mass is 10.1. The fourth-order valence-corrected chi connectivity index (χ4v) is 2.48. The van der Waals surface area contributed by atoms with Gasteiger partial charge in [-0.3, -0.25) is 9.67 Å². The van der Waals surface area contributed by atoms with E-state index in [9.17, 15) is 8.78 Å². The predicted octanol–water partition coefficient (Wildman–Crippen LogP) is 1.67. The van der Waals surface area contributed by atoms with Crippen molar-refractivity contribution < 1.29 is 8.78 Å². The van der Waals surface area contributed by atoms with Gasteiger partial charge in [0.15, 0.2) is 5.96 Å². The van der Waals surface area contributed by atoms with Crippen LogP contribution in [0.1, 0.15) is 17.2 Å². The number of rotatable bonds is 6. The lowest BCUT2D eigenvalue weighted by Gasteiger charge is -2.24. The summed E-state index contributed by atoms with van der Waals surface area (Å²) in [6, 6.07) is 3.49. The number of hydrogen-bond acceptors (Lipinski definition) is 3. The second-order valence-corrected chi connectivity index (χ2v) is 5.97. The third kappa shape index (κ3) is 5.25. The van der Waals surface area contributed by atoms with Crippen molar-refractivity contribution in [3.8, 4) is 0 Å². The number of likely N-dealkylation sites (N-methyl/N-ethyl adjacent to an activating group) is 1. The fourth-order valence-electron chi connectivity index (χ4n) is 2.48. The largest absolute Gasteiger partial charge is 0.354 e. The van der Waals surface area contributed by atoms with Crippen LogP contribution < -0.4 is 10.6 Å². The Morgan fingerprint density at radius 3 is 2.68 bits per heavy atom. The summed E-state index contributed by atoms with van der Waals surface area (Å²) in [5, 5.41) is 10.4. The minimum atomic E-state index is -0.467. The van der Waals surface area contributed by atoms with E-state index in [0.29, 0.717) is 12.5 Å². The van der Waals surface area contributed by atoms with Crippen LogP contribution in [-0.4, -0.2) is 48.3 Å². The normalized spacial score (nSPS) is 13.2. The van der Waals surface area contributed by atoms with E-state index in [1.807, 2.05) is 33.5 Å². The highest BCUT2D eigenvalue weighted by Crippen LogP contribution is 2.16. The minimum absolute atomic E-state index is 0.0955. The molecule has 0 radical (unpaired) electrons. The van der Waals surface area contributed by atoms with Gasteiger partial charge in [0.2, 0.25) is 0 Å². The molecule has 6 nitrogen and oxygen atoms in total. The van der Waals surface area contributed by atoms with Gasteiger partial charge >= 0.3 is 0 Å². The van der Waals surface area contributed by atoms with E-state index in [2.05, 4.69) is 25.6 Å². The second-order valence-electron chi connectivity index (χ2n) is 5.97. The molecule has 136 valence electrons. The van der Waals surface area contributed by atoms with Crippen molar-refractivity contribution in [2.75, 3.05) is 27.7 Å². The van der Waals surface area contributed by atoms with E-state index >= 15 is 0 Å². The molecular weight excluding hydrogens is 326 g/mol. The van der Waals surface area contributed by atoms with Gasteiger partial charge in [-0.05, 0) is 32.3 Å². The summed E-state index contributed by atoms with van der Waals surface area (Å²) < 4.78 is 28.7. The number of benzene rings is 1. The molecule has 1 aromatic heterocycles. The first-order chi connectivity index (χ1) is 11.9. The Morgan fingerprint density at radius 2 is 2.08 bits per heavy atom. The number of nitrogens with zero attached hydrogens (tertiary/aromatic N) is 4. The van der Waals surface area contributed by atoms with Gasteiger partial charge in [-0.2, -0.15) is 5.10 Å². The van der Waals surface area contributed by atoms with Crippen molar-refractivity contribution in [3.63, 3.8) is 0 Å². The maximum atomic E-state index is 13.7. The molecule has 0 aliphatic rings. The topological polar surface area (TPSA) is 57.5 Å². The second kappa shape index (κ2) is 8.57. The number of aryl methyl sites for hydroxylation is 1. The van der Waals surface area contributed by atoms with Crippen LogP contribution in [0.5, 0.6) is 0 Å². The molecule has 0 aliphatic carbocycles. The molecule has 0 saturated carbocycles. The van der Waals surface area contributed by atoms with E-state index in [0.717, 1.165) is 17.7 Å². The molecule has 1 atom stereocenters. The van der Waals surface area contributed by atoms with Crippen molar-refractivity contribution in [3.05, 3.63) is 53.4 Å². The molecular formula is C17H24F2N6. The van der Waals surface area contributed by atoms with E-state index in [1.165, 1.54) is 6.07 Å². The molecule has 25 heavy (non-hydrogen) atoms. The van der Waals surface area contributed by atoms with Crippen LogP contribution in [0, 0.1) is 11.6 Å². The molecule has 8 heteroatoms. The van der Waals surface area contributed by atoms with Crippen LogP contribution in [0.25, 0.3) is 0 Å². The fraction of sp³-hybridized carbons (Fsp3) is 0.412. The van der Waals surface area contributed by atoms with Crippen molar-refractivity contribution in [1.82, 2.24) is 25.3 Å². The summed E-state index contributed by atoms with van der Waals surface area (Å²) in [5.74, 6) is -0.407. The number of nitrogens with one attached hydrogen (secondary N) is 2. The zero-order valence-corrected chi connectivity index (χ0v) is 14.9. The van der Waals surface area contributed by atoms with Crippen molar-refractivity contribution in [2.24, 2.45) is 12.0 Å². The Labute approximate surface area is 146 Å². The maximum Gasteiger partial charge on any atom is 0.191 e. The number of hydrogen-bond donors (Lipinski definition) is 2. The number of aliphatic imine (C=N–C) groups is 1. The van der Waals surface area contributed by atoms with Gasteiger partial charge in [0.1, 0.15) is 11.6 Å². The van der Waals surface area contributed by atoms with Crippen LogP contribution in [0.2, 0.25) is 0 Å². The summed E-state index contributed by atoms with van der Waals surface area (Å²) in [6.45, 7) is 0.729. The molecule has 1 heterocycles. The monoisotopic (exact) mass is 350 g/mol. The predicted molar refractivity (Wildman–Crippen MR) is 94.2 cm³/mol. The summed E-state index contributed by atoms with van der Waals surface area (Å²) in [5.41, 5.74) is 1.32. The smallest absolute Gasteiger partial charge is 0.191 e. The molecule has 0 fully saturated rings. The molecule has 1 aromatic carbocycles. The lowest BCUT2D eigenvalue weighted by molar-refractivity contribution is 0.298. The molecule has 0 bridgehead atoms. The van der Waals surface area contributed by atoms with Crippen LogP contribution in [0.3, 0.4) is 0 Å². The first-order valence-electron chi connectivity index (χ1n) is 7.94. The van der Waals surface area contributed by atoms with Crippen molar-refractivity contribution in [1.29, 1.82) is 0 Å². The number of guanidine groups is 1. The van der Waals surface area contributed by atoms with Crippen LogP contribution in [0.15, 0.2) is 35.6 Å². The standard InChI is InChI=1S/C17H24F2N6/c1-20-17(21-8-12-7-14(18)5-6-15(12)19)22-10-16(24(2)3)13-9-23-25(4)11-13/h5-7,9,11,16H,8,10H2,1-4H3,(H2,20,21,22). The summed E-state index contributed by atoms with van der Waals surface area (Å²) in [4.78, 5) is 6.20. The molecule has 1 unspecified atom stereocenters. The zero-order valence-electron chi connectivity index (χ0n) is 14.9. The van der Waals surface area contributed by atoms with E-state index < -0.39 is 11.6 Å². The van der Waals surface area contributed by atoms with Crippen LogP contribution in [-0.2, 0) is 13.6 Å². The summed E-state index contributed by atoms with van der Waals surface area (Å²) in [6.07, 6.45) is 3.79. The average Bonchev–Trinajstić information content (AvgIpc) is 2.99. The van der Waals surface area contributed by atoms with Gasteiger partial charge in [0, 0.05) is 44.5 Å². The molecule has 2 aromatic rings. The zero-order chi connectivity index (χ0) is 18.4. The Kier molecular flexibility index (Phi) is 6.46. The van der Waals surface area contributed by atoms with Gasteiger partial charge in [-0.1, -0.05) is 0 Å². The van der Waals surface area contributed by atoms with Gasteiger partial charge in [0.25, 0.3) is 0 Å². The van der Waals surface area contributed by atoms with Crippen molar-refractivity contribution in [2.45, 2.75) is 12.6 Å². The Bertz CT molecular complexity index is 726. The van der Waals surface area contributed by atoms with Crippen LogP contribution >= 0.6 is 0 Å². The van der Waals surface area contributed by atoms with E-state index in [4.69, 9.17) is 0 Å².